The van der Waals surface area contributed by atoms with Crippen LogP contribution >= 0.6 is 23.1 Å². The second-order valence-electron chi connectivity index (χ2n) is 6.91. The van der Waals surface area contributed by atoms with E-state index in [4.69, 9.17) is 0 Å². The molecule has 7 heteroatoms. The number of hydrogen-bond acceptors (Lipinski definition) is 5. The number of nitrogens with zero attached hydrogens (tertiary/aromatic N) is 4. The van der Waals surface area contributed by atoms with Gasteiger partial charge in [0, 0.05) is 5.75 Å². The molecule has 0 aliphatic heterocycles. The lowest BCUT2D eigenvalue weighted by molar-refractivity contribution is 0.765. The molecule has 0 N–H and O–H groups in total. The van der Waals surface area contributed by atoms with Crippen LogP contribution in [0.2, 0.25) is 0 Å². The number of hydrogen-bond donors (Lipinski definition) is 0. The van der Waals surface area contributed by atoms with Crippen LogP contribution in [-0.4, -0.2) is 19.2 Å². The molecule has 0 aliphatic rings. The van der Waals surface area contributed by atoms with Gasteiger partial charge in [0.2, 0.25) is 5.78 Å². The molecular formula is C22H18N4OS2. The lowest BCUT2D eigenvalue weighted by atomic mass is 10.2. The predicted octanol–water partition coefficient (Wildman–Crippen LogP) is 4.75. The number of rotatable bonds is 5. The maximum absolute atomic E-state index is 13.1. The van der Waals surface area contributed by atoms with E-state index in [1.807, 2.05) is 46.2 Å². The molecule has 5 aromatic rings. The molecule has 0 bridgehead atoms. The molecule has 0 fully saturated rings. The first kappa shape index (κ1) is 18.1. The summed E-state index contributed by atoms with van der Waals surface area (Å²) in [5, 5.41) is 11.6. The molecule has 0 radical (unpaired) electrons. The third-order valence-corrected chi connectivity index (χ3v) is 6.71. The Morgan fingerprint density at radius 2 is 1.83 bits per heavy atom. The average Bonchev–Trinajstić information content (AvgIpc) is 3.37. The Bertz CT molecular complexity index is 1370. The Morgan fingerprint density at radius 3 is 2.66 bits per heavy atom. The second-order valence-corrected chi connectivity index (χ2v) is 8.77. The Hall–Kier alpha value is -2.90. The van der Waals surface area contributed by atoms with Gasteiger partial charge in [-0.2, -0.15) is 0 Å². The standard InChI is InChI=1S/C22H18N4OS2/c1-15-6-5-9-17(12-15)14-29-22-24-23-21-25(13-16-7-3-2-4-8-16)20(27)19-18(26(21)22)10-11-28-19/h2-12H,13-14H2,1H3. The van der Waals surface area contributed by atoms with Crippen LogP contribution in [0, 0.1) is 6.92 Å². The first-order valence-corrected chi connectivity index (χ1v) is 11.1. The summed E-state index contributed by atoms with van der Waals surface area (Å²) in [6.45, 7) is 2.56. The molecule has 0 saturated heterocycles. The van der Waals surface area contributed by atoms with Crippen molar-refractivity contribution < 1.29 is 0 Å². The highest BCUT2D eigenvalue weighted by atomic mass is 32.2. The normalized spacial score (nSPS) is 11.5. The van der Waals surface area contributed by atoms with Crippen LogP contribution in [0.4, 0.5) is 0 Å². The minimum atomic E-state index is -0.0195. The van der Waals surface area contributed by atoms with Crippen molar-refractivity contribution in [3.05, 3.63) is 93.1 Å². The molecule has 0 atom stereocenters. The van der Waals surface area contributed by atoms with Crippen LogP contribution in [0.15, 0.2) is 76.0 Å². The molecule has 3 aromatic heterocycles. The van der Waals surface area contributed by atoms with Crippen LogP contribution in [0.5, 0.6) is 0 Å². The summed E-state index contributed by atoms with van der Waals surface area (Å²) < 4.78 is 4.46. The van der Waals surface area contributed by atoms with Gasteiger partial charge in [0.1, 0.15) is 4.70 Å². The van der Waals surface area contributed by atoms with E-state index in [0.717, 1.165) is 26.7 Å². The minimum absolute atomic E-state index is 0.0195. The van der Waals surface area contributed by atoms with Crippen molar-refractivity contribution in [1.29, 1.82) is 0 Å². The fourth-order valence-electron chi connectivity index (χ4n) is 3.45. The van der Waals surface area contributed by atoms with Crippen molar-refractivity contribution in [1.82, 2.24) is 19.2 Å². The van der Waals surface area contributed by atoms with E-state index in [2.05, 4.69) is 41.4 Å². The van der Waals surface area contributed by atoms with Gasteiger partial charge in [-0.05, 0) is 29.5 Å². The zero-order chi connectivity index (χ0) is 19.8. The van der Waals surface area contributed by atoms with E-state index in [-0.39, 0.29) is 5.56 Å². The van der Waals surface area contributed by atoms with Gasteiger partial charge in [-0.15, -0.1) is 21.5 Å². The van der Waals surface area contributed by atoms with Gasteiger partial charge in [0.15, 0.2) is 5.16 Å². The number of fused-ring (bicyclic) bond motifs is 3. The quantitative estimate of drug-likeness (QED) is 0.386. The highest BCUT2D eigenvalue weighted by Crippen LogP contribution is 2.27. The first-order valence-electron chi connectivity index (χ1n) is 9.28. The van der Waals surface area contributed by atoms with E-state index in [1.54, 1.807) is 16.3 Å². The van der Waals surface area contributed by atoms with E-state index in [1.165, 1.54) is 22.5 Å². The monoisotopic (exact) mass is 418 g/mol. The van der Waals surface area contributed by atoms with Crippen molar-refractivity contribution in [2.75, 3.05) is 0 Å². The van der Waals surface area contributed by atoms with Crippen LogP contribution in [0.25, 0.3) is 16.0 Å². The van der Waals surface area contributed by atoms with Gasteiger partial charge in [-0.25, -0.2) is 0 Å². The summed E-state index contributed by atoms with van der Waals surface area (Å²) >= 11 is 3.10. The fourth-order valence-corrected chi connectivity index (χ4v) is 5.16. The lowest BCUT2D eigenvalue weighted by Gasteiger charge is -2.09. The molecule has 2 aromatic carbocycles. The third-order valence-electron chi connectivity index (χ3n) is 4.82. The fraction of sp³-hybridized carbons (Fsp3) is 0.136. The number of thioether (sulfide) groups is 1. The van der Waals surface area contributed by atoms with Crippen LogP contribution < -0.4 is 5.56 Å². The topological polar surface area (TPSA) is 52.2 Å². The van der Waals surface area contributed by atoms with Crippen molar-refractivity contribution in [2.45, 2.75) is 24.4 Å². The zero-order valence-corrected chi connectivity index (χ0v) is 17.4. The van der Waals surface area contributed by atoms with Crippen molar-refractivity contribution in [2.24, 2.45) is 0 Å². The average molecular weight is 419 g/mol. The summed E-state index contributed by atoms with van der Waals surface area (Å²) in [6.07, 6.45) is 0. The molecule has 5 rings (SSSR count). The lowest BCUT2D eigenvalue weighted by Crippen LogP contribution is -2.23. The number of aryl methyl sites for hydroxylation is 1. The molecule has 0 amide bonds. The zero-order valence-electron chi connectivity index (χ0n) is 15.8. The number of thiophene rings is 1. The van der Waals surface area contributed by atoms with Crippen LogP contribution in [0.1, 0.15) is 16.7 Å². The molecule has 29 heavy (non-hydrogen) atoms. The molecule has 0 spiro atoms. The summed E-state index contributed by atoms with van der Waals surface area (Å²) in [7, 11) is 0. The van der Waals surface area contributed by atoms with E-state index >= 15 is 0 Å². The van der Waals surface area contributed by atoms with Crippen LogP contribution in [0.3, 0.4) is 0 Å². The first-order chi connectivity index (χ1) is 14.2. The molecule has 144 valence electrons. The van der Waals surface area contributed by atoms with Gasteiger partial charge < -0.3 is 0 Å². The highest BCUT2D eigenvalue weighted by Gasteiger charge is 2.18. The Kier molecular flexibility index (Phi) is 4.69. The Morgan fingerprint density at radius 1 is 1.00 bits per heavy atom. The SMILES string of the molecule is Cc1cccc(CSc2nnc3n(Cc4ccccc4)c(=O)c4sccc4n23)c1. The van der Waals surface area contributed by atoms with E-state index in [9.17, 15) is 4.79 Å². The van der Waals surface area contributed by atoms with E-state index < -0.39 is 0 Å². The molecule has 0 saturated carbocycles. The predicted molar refractivity (Wildman–Crippen MR) is 119 cm³/mol. The summed E-state index contributed by atoms with van der Waals surface area (Å²) in [4.78, 5) is 13.1. The summed E-state index contributed by atoms with van der Waals surface area (Å²) in [5.41, 5.74) is 4.39. The molecule has 0 unspecified atom stereocenters. The van der Waals surface area contributed by atoms with Crippen molar-refractivity contribution in [3.8, 4) is 0 Å². The van der Waals surface area contributed by atoms with Crippen LogP contribution in [-0.2, 0) is 12.3 Å². The summed E-state index contributed by atoms with van der Waals surface area (Å²) in [6, 6.07) is 20.4. The number of aromatic nitrogens is 4. The molecule has 0 aliphatic carbocycles. The maximum Gasteiger partial charge on any atom is 0.273 e. The molecule has 5 nitrogen and oxygen atoms in total. The van der Waals surface area contributed by atoms with Gasteiger partial charge >= 0.3 is 0 Å². The largest absolute Gasteiger partial charge is 0.273 e. The highest BCUT2D eigenvalue weighted by molar-refractivity contribution is 7.98. The molecular weight excluding hydrogens is 400 g/mol. The van der Waals surface area contributed by atoms with Gasteiger partial charge in [-0.3, -0.25) is 13.8 Å². The second kappa shape index (κ2) is 7.50. The number of benzene rings is 2. The molecule has 3 heterocycles. The van der Waals surface area contributed by atoms with Gasteiger partial charge in [0.25, 0.3) is 5.56 Å². The van der Waals surface area contributed by atoms with E-state index in [0.29, 0.717) is 12.3 Å². The third kappa shape index (κ3) is 3.36. The maximum atomic E-state index is 13.1. The van der Waals surface area contributed by atoms with Gasteiger partial charge in [0.05, 0.1) is 12.1 Å². The Balaban J connectivity index is 1.61. The summed E-state index contributed by atoms with van der Waals surface area (Å²) in [5.74, 6) is 1.38. The van der Waals surface area contributed by atoms with Crippen molar-refractivity contribution >= 4 is 39.1 Å². The smallest absolute Gasteiger partial charge is 0.271 e. The van der Waals surface area contributed by atoms with Gasteiger partial charge in [-0.1, -0.05) is 71.9 Å². The minimum Gasteiger partial charge on any atom is -0.271 e. The van der Waals surface area contributed by atoms with Crippen molar-refractivity contribution in [3.63, 3.8) is 0 Å². The Labute approximate surface area is 175 Å².